The van der Waals surface area contributed by atoms with Gasteiger partial charge in [-0.2, -0.15) is 0 Å². The fourth-order valence-electron chi connectivity index (χ4n) is 5.31. The van der Waals surface area contributed by atoms with Crippen LogP contribution < -0.4 is 9.47 Å². The number of benzene rings is 3. The largest absolute Gasteiger partial charge is 0.493 e. The summed E-state index contributed by atoms with van der Waals surface area (Å²) in [7, 11) is 0. The number of ether oxygens (including phenoxy) is 2. The summed E-state index contributed by atoms with van der Waals surface area (Å²) in [6.07, 6.45) is 19.3. The molecule has 222 valence electrons. The smallest absolute Gasteiger partial charge is 0.130 e. The van der Waals surface area contributed by atoms with Crippen LogP contribution in [0.1, 0.15) is 102 Å². The van der Waals surface area contributed by atoms with E-state index in [9.17, 15) is 0 Å². The second-order valence-electron chi connectivity index (χ2n) is 11.2. The van der Waals surface area contributed by atoms with E-state index in [0.717, 1.165) is 70.8 Å². The van der Waals surface area contributed by atoms with Crippen molar-refractivity contribution in [3.63, 3.8) is 0 Å². The zero-order chi connectivity index (χ0) is 29.2. The van der Waals surface area contributed by atoms with Crippen LogP contribution in [-0.2, 0) is 0 Å². The number of hydrogen-bond acceptors (Lipinski definition) is 3. The van der Waals surface area contributed by atoms with Gasteiger partial charge < -0.3 is 9.47 Å². The fourth-order valence-corrected chi connectivity index (χ4v) is 5.31. The van der Waals surface area contributed by atoms with Crippen LogP contribution in [0.25, 0.3) is 34.2 Å². The first kappa shape index (κ1) is 31.3. The molecule has 3 heteroatoms. The quantitative estimate of drug-likeness (QED) is 0.106. The molecule has 1 heterocycles. The molecule has 0 aliphatic rings. The molecule has 3 aromatic carbocycles. The Kier molecular flexibility index (Phi) is 13.5. The van der Waals surface area contributed by atoms with Gasteiger partial charge in [0.05, 0.1) is 24.4 Å². The second kappa shape index (κ2) is 18.1. The van der Waals surface area contributed by atoms with Gasteiger partial charge >= 0.3 is 0 Å². The highest BCUT2D eigenvalue weighted by Crippen LogP contribution is 2.36. The molecule has 0 aliphatic carbocycles. The third-order valence-electron chi connectivity index (χ3n) is 7.78. The van der Waals surface area contributed by atoms with E-state index >= 15 is 0 Å². The van der Waals surface area contributed by atoms with Gasteiger partial charge in [-0.3, -0.25) is 0 Å². The van der Waals surface area contributed by atoms with Crippen LogP contribution in [0, 0.1) is 0 Å². The van der Waals surface area contributed by atoms with Crippen LogP contribution in [0.5, 0.6) is 11.5 Å². The minimum absolute atomic E-state index is 0.721. The molecule has 0 saturated heterocycles. The summed E-state index contributed by atoms with van der Waals surface area (Å²) in [5.74, 6) is 1.78. The van der Waals surface area contributed by atoms with E-state index in [2.05, 4.69) is 92.7 Å². The summed E-state index contributed by atoms with van der Waals surface area (Å²) in [5.41, 5.74) is 5.34. The van der Waals surface area contributed by atoms with Gasteiger partial charge in [0.2, 0.25) is 0 Å². The Morgan fingerprint density at radius 2 is 1.24 bits per heavy atom. The van der Waals surface area contributed by atoms with Crippen molar-refractivity contribution in [1.29, 1.82) is 0 Å². The molecule has 0 N–H and O–H groups in total. The van der Waals surface area contributed by atoms with Crippen LogP contribution in [0.15, 0.2) is 78.9 Å². The zero-order valence-electron chi connectivity index (χ0n) is 25.8. The Labute approximate surface area is 254 Å². The number of rotatable bonds is 19. The van der Waals surface area contributed by atoms with Crippen LogP contribution >= 0.6 is 0 Å². The summed E-state index contributed by atoms with van der Waals surface area (Å²) in [6.45, 7) is 5.99. The maximum Gasteiger partial charge on any atom is 0.130 e. The SMILES string of the molecule is CCCCCCCCOc1ccc(-c2ccccc2/C=C/c2ccc3ccccc3n2)c(OCCCCCCCC)c1. The Morgan fingerprint density at radius 1 is 0.571 bits per heavy atom. The maximum atomic E-state index is 6.46. The maximum absolute atomic E-state index is 6.46. The van der Waals surface area contributed by atoms with Crippen molar-refractivity contribution in [2.24, 2.45) is 0 Å². The van der Waals surface area contributed by atoms with Crippen LogP contribution in [-0.4, -0.2) is 18.2 Å². The monoisotopic (exact) mass is 563 g/mol. The molecule has 0 unspecified atom stereocenters. The normalized spacial score (nSPS) is 11.4. The second-order valence-corrected chi connectivity index (χ2v) is 11.2. The van der Waals surface area contributed by atoms with Crippen molar-refractivity contribution in [3.05, 3.63) is 90.1 Å². The minimum atomic E-state index is 0.721. The standard InChI is InChI=1S/C39H49NO2/c1-3-5-7-9-11-17-29-41-35-27-28-37(39(31-35)42-30-18-12-10-8-6-4-2)36-21-15-13-19-32(36)23-25-34-26-24-33-20-14-16-22-38(33)40-34/h13-16,19-28,31H,3-12,17-18,29-30H2,1-2H3/b25-23+. The van der Waals surface area contributed by atoms with Crippen LogP contribution in [0.2, 0.25) is 0 Å². The summed E-state index contributed by atoms with van der Waals surface area (Å²) >= 11 is 0. The number of hydrogen-bond donors (Lipinski definition) is 0. The first-order chi connectivity index (χ1) is 20.8. The number of nitrogens with zero attached hydrogens (tertiary/aromatic N) is 1. The van der Waals surface area contributed by atoms with Gasteiger partial charge in [0.1, 0.15) is 11.5 Å². The van der Waals surface area contributed by atoms with Gasteiger partial charge in [-0.25, -0.2) is 4.98 Å². The minimum Gasteiger partial charge on any atom is -0.493 e. The topological polar surface area (TPSA) is 31.4 Å². The van der Waals surface area contributed by atoms with Gasteiger partial charge in [-0.05, 0) is 54.3 Å². The summed E-state index contributed by atoms with van der Waals surface area (Å²) in [6, 6.07) is 27.3. The Bertz CT molecular complexity index is 1380. The summed E-state index contributed by atoms with van der Waals surface area (Å²) < 4.78 is 12.6. The molecule has 0 bridgehead atoms. The van der Waals surface area contributed by atoms with Gasteiger partial charge in [0.15, 0.2) is 0 Å². The average Bonchev–Trinajstić information content (AvgIpc) is 3.03. The van der Waals surface area contributed by atoms with Crippen molar-refractivity contribution in [3.8, 4) is 22.6 Å². The lowest BCUT2D eigenvalue weighted by Gasteiger charge is -2.16. The predicted molar refractivity (Wildman–Crippen MR) is 180 cm³/mol. The highest BCUT2D eigenvalue weighted by atomic mass is 16.5. The van der Waals surface area contributed by atoms with E-state index in [1.165, 1.54) is 64.2 Å². The third-order valence-corrected chi connectivity index (χ3v) is 7.78. The molecule has 42 heavy (non-hydrogen) atoms. The molecule has 0 saturated carbocycles. The Balaban J connectivity index is 1.49. The molecule has 0 aliphatic heterocycles. The molecular formula is C39H49NO2. The molecule has 1 aromatic heterocycles. The van der Waals surface area contributed by atoms with Gasteiger partial charge in [0, 0.05) is 17.0 Å². The van der Waals surface area contributed by atoms with Crippen LogP contribution in [0.4, 0.5) is 0 Å². The Morgan fingerprint density at radius 3 is 2.02 bits per heavy atom. The lowest BCUT2D eigenvalue weighted by atomic mass is 9.98. The molecule has 4 aromatic rings. The van der Waals surface area contributed by atoms with E-state index in [0.29, 0.717) is 0 Å². The predicted octanol–water partition coefficient (Wildman–Crippen LogP) is 11.6. The van der Waals surface area contributed by atoms with Crippen molar-refractivity contribution >= 4 is 23.1 Å². The lowest BCUT2D eigenvalue weighted by Crippen LogP contribution is -2.02. The van der Waals surface area contributed by atoms with Gasteiger partial charge in [0.25, 0.3) is 0 Å². The molecule has 0 atom stereocenters. The fraction of sp³-hybridized carbons (Fsp3) is 0.410. The van der Waals surface area contributed by atoms with Crippen LogP contribution in [0.3, 0.4) is 0 Å². The van der Waals surface area contributed by atoms with Crippen molar-refractivity contribution < 1.29 is 9.47 Å². The molecule has 3 nitrogen and oxygen atoms in total. The first-order valence-electron chi connectivity index (χ1n) is 16.3. The molecular weight excluding hydrogens is 514 g/mol. The van der Waals surface area contributed by atoms with Crippen molar-refractivity contribution in [1.82, 2.24) is 4.98 Å². The number of pyridine rings is 1. The number of aromatic nitrogens is 1. The van der Waals surface area contributed by atoms with Crippen molar-refractivity contribution in [2.45, 2.75) is 90.9 Å². The van der Waals surface area contributed by atoms with Gasteiger partial charge in [-0.15, -0.1) is 0 Å². The van der Waals surface area contributed by atoms with E-state index in [1.54, 1.807) is 0 Å². The first-order valence-corrected chi connectivity index (χ1v) is 16.3. The highest BCUT2D eigenvalue weighted by molar-refractivity contribution is 5.85. The van der Waals surface area contributed by atoms with Crippen molar-refractivity contribution in [2.75, 3.05) is 13.2 Å². The van der Waals surface area contributed by atoms with E-state index < -0.39 is 0 Å². The van der Waals surface area contributed by atoms with E-state index in [1.807, 2.05) is 12.1 Å². The number of unbranched alkanes of at least 4 members (excludes halogenated alkanes) is 10. The zero-order valence-corrected chi connectivity index (χ0v) is 25.8. The average molecular weight is 564 g/mol. The van der Waals surface area contributed by atoms with E-state index in [4.69, 9.17) is 14.5 Å². The molecule has 0 amide bonds. The highest BCUT2D eigenvalue weighted by Gasteiger charge is 2.12. The third kappa shape index (κ3) is 10.0. The molecule has 0 fully saturated rings. The molecule has 4 rings (SSSR count). The summed E-state index contributed by atoms with van der Waals surface area (Å²) in [5, 5.41) is 1.15. The number of fused-ring (bicyclic) bond motifs is 1. The lowest BCUT2D eigenvalue weighted by molar-refractivity contribution is 0.290. The molecule has 0 radical (unpaired) electrons. The van der Waals surface area contributed by atoms with Gasteiger partial charge in [-0.1, -0.05) is 133 Å². The summed E-state index contributed by atoms with van der Waals surface area (Å²) in [4.78, 5) is 4.83. The number of para-hydroxylation sites is 1. The van der Waals surface area contributed by atoms with E-state index in [-0.39, 0.29) is 0 Å². The molecule has 0 spiro atoms. The Hall–Kier alpha value is -3.59.